The Morgan fingerprint density at radius 3 is 2.35 bits per heavy atom. The van der Waals surface area contributed by atoms with Crippen molar-refractivity contribution in [3.8, 4) is 0 Å². The molecular formula is C16H15F2NO. The molecule has 4 heteroatoms. The average molecular weight is 275 g/mol. The Balaban J connectivity index is 2.10. The Hall–Kier alpha value is -2.23. The van der Waals surface area contributed by atoms with Crippen LogP contribution in [0.4, 0.5) is 8.78 Å². The summed E-state index contributed by atoms with van der Waals surface area (Å²) in [6, 6.07) is 9.95. The molecule has 0 bridgehead atoms. The van der Waals surface area contributed by atoms with E-state index in [1.807, 2.05) is 0 Å². The summed E-state index contributed by atoms with van der Waals surface area (Å²) >= 11 is 0. The second-order valence-electron chi connectivity index (χ2n) is 4.71. The van der Waals surface area contributed by atoms with Gasteiger partial charge in [0, 0.05) is 5.56 Å². The number of amides is 1. The third-order valence-electron chi connectivity index (χ3n) is 3.15. The number of rotatable bonds is 3. The Morgan fingerprint density at radius 2 is 1.75 bits per heavy atom. The summed E-state index contributed by atoms with van der Waals surface area (Å²) in [5, 5.41) is 2.75. The number of hydrogen-bond donors (Lipinski definition) is 1. The summed E-state index contributed by atoms with van der Waals surface area (Å²) in [5.41, 5.74) is 1.54. The Kier molecular flexibility index (Phi) is 4.13. The van der Waals surface area contributed by atoms with Gasteiger partial charge in [-0.1, -0.05) is 18.2 Å². The normalized spacial score (nSPS) is 12.0. The van der Waals surface area contributed by atoms with Crippen LogP contribution in [-0.2, 0) is 0 Å². The van der Waals surface area contributed by atoms with E-state index in [0.717, 1.165) is 5.56 Å². The molecule has 1 N–H and O–H groups in total. The molecule has 0 aliphatic rings. The van der Waals surface area contributed by atoms with Gasteiger partial charge < -0.3 is 5.32 Å². The maximum atomic E-state index is 13.4. The molecule has 0 heterocycles. The zero-order valence-corrected chi connectivity index (χ0v) is 11.3. The second kappa shape index (κ2) is 5.82. The van der Waals surface area contributed by atoms with Gasteiger partial charge in [-0.15, -0.1) is 0 Å². The first-order chi connectivity index (χ1) is 9.47. The van der Waals surface area contributed by atoms with Crippen molar-refractivity contribution in [1.29, 1.82) is 0 Å². The Morgan fingerprint density at radius 1 is 1.10 bits per heavy atom. The van der Waals surface area contributed by atoms with Gasteiger partial charge in [-0.2, -0.15) is 0 Å². The molecule has 20 heavy (non-hydrogen) atoms. The summed E-state index contributed by atoms with van der Waals surface area (Å²) in [6.45, 7) is 3.42. The molecule has 0 aromatic heterocycles. The van der Waals surface area contributed by atoms with E-state index in [1.54, 1.807) is 38.1 Å². The highest BCUT2D eigenvalue weighted by Crippen LogP contribution is 2.15. The second-order valence-corrected chi connectivity index (χ2v) is 4.71. The zero-order valence-electron chi connectivity index (χ0n) is 11.3. The summed E-state index contributed by atoms with van der Waals surface area (Å²) in [5.74, 6) is -1.10. The van der Waals surface area contributed by atoms with Crippen molar-refractivity contribution in [1.82, 2.24) is 5.32 Å². The lowest BCUT2D eigenvalue weighted by Gasteiger charge is -2.14. The number of halogens is 2. The standard InChI is InChI=1S/C16H15F2NO/c1-10-3-4-13(9-15(10)18)16(20)19-11(2)12-5-7-14(17)8-6-12/h3-9,11H,1-2H3,(H,19,20)/t11-/m1/s1. The topological polar surface area (TPSA) is 29.1 Å². The molecule has 2 nitrogen and oxygen atoms in total. The highest BCUT2D eigenvalue weighted by atomic mass is 19.1. The van der Waals surface area contributed by atoms with Gasteiger partial charge in [0.15, 0.2) is 0 Å². The van der Waals surface area contributed by atoms with Gasteiger partial charge in [-0.05, 0) is 49.2 Å². The third-order valence-corrected chi connectivity index (χ3v) is 3.15. The molecule has 2 rings (SSSR count). The lowest BCUT2D eigenvalue weighted by atomic mass is 10.1. The van der Waals surface area contributed by atoms with E-state index < -0.39 is 5.82 Å². The summed E-state index contributed by atoms with van der Waals surface area (Å²) in [6.07, 6.45) is 0. The number of carbonyl (C=O) groups is 1. The fourth-order valence-electron chi connectivity index (χ4n) is 1.85. The van der Waals surface area contributed by atoms with E-state index in [-0.39, 0.29) is 23.3 Å². The van der Waals surface area contributed by atoms with Gasteiger partial charge in [-0.25, -0.2) is 8.78 Å². The number of nitrogens with one attached hydrogen (secondary N) is 1. The van der Waals surface area contributed by atoms with Gasteiger partial charge in [0.25, 0.3) is 5.91 Å². The van der Waals surface area contributed by atoms with Gasteiger partial charge in [0.2, 0.25) is 0 Å². The van der Waals surface area contributed by atoms with E-state index in [0.29, 0.717) is 5.56 Å². The molecule has 0 spiro atoms. The van der Waals surface area contributed by atoms with E-state index in [4.69, 9.17) is 0 Å². The highest BCUT2D eigenvalue weighted by molar-refractivity contribution is 5.94. The molecule has 0 saturated heterocycles. The largest absolute Gasteiger partial charge is 0.346 e. The maximum Gasteiger partial charge on any atom is 0.251 e. The number of aryl methyl sites for hydroxylation is 1. The predicted octanol–water partition coefficient (Wildman–Crippen LogP) is 3.76. The van der Waals surface area contributed by atoms with Crippen LogP contribution in [0.5, 0.6) is 0 Å². The molecule has 104 valence electrons. The van der Waals surface area contributed by atoms with E-state index in [2.05, 4.69) is 5.32 Å². The monoisotopic (exact) mass is 275 g/mol. The minimum absolute atomic E-state index is 0.266. The van der Waals surface area contributed by atoms with Crippen LogP contribution in [0.3, 0.4) is 0 Å². The average Bonchev–Trinajstić information content (AvgIpc) is 2.42. The first-order valence-corrected chi connectivity index (χ1v) is 6.30. The molecule has 2 aromatic rings. The molecule has 0 fully saturated rings. The van der Waals surface area contributed by atoms with Crippen molar-refractivity contribution < 1.29 is 13.6 Å². The van der Waals surface area contributed by atoms with E-state index in [1.165, 1.54) is 18.2 Å². The molecular weight excluding hydrogens is 260 g/mol. The van der Waals surface area contributed by atoms with E-state index >= 15 is 0 Å². The fourth-order valence-corrected chi connectivity index (χ4v) is 1.85. The van der Waals surface area contributed by atoms with Gasteiger partial charge in [-0.3, -0.25) is 4.79 Å². The number of carbonyl (C=O) groups excluding carboxylic acids is 1. The quantitative estimate of drug-likeness (QED) is 0.907. The molecule has 1 atom stereocenters. The number of hydrogen-bond acceptors (Lipinski definition) is 1. The van der Waals surface area contributed by atoms with Gasteiger partial charge >= 0.3 is 0 Å². The maximum absolute atomic E-state index is 13.4. The molecule has 0 aliphatic heterocycles. The Bertz CT molecular complexity index is 623. The SMILES string of the molecule is Cc1ccc(C(=O)N[C@H](C)c2ccc(F)cc2)cc1F. The highest BCUT2D eigenvalue weighted by Gasteiger charge is 2.12. The molecule has 0 radical (unpaired) electrons. The van der Waals surface area contributed by atoms with Crippen LogP contribution >= 0.6 is 0 Å². The summed E-state index contributed by atoms with van der Waals surface area (Å²) < 4.78 is 26.3. The van der Waals surface area contributed by atoms with Crippen LogP contribution in [0.25, 0.3) is 0 Å². The molecule has 2 aromatic carbocycles. The van der Waals surface area contributed by atoms with Crippen LogP contribution in [0.2, 0.25) is 0 Å². The van der Waals surface area contributed by atoms with Crippen LogP contribution in [0.1, 0.15) is 34.5 Å². The predicted molar refractivity (Wildman–Crippen MR) is 73.4 cm³/mol. The van der Waals surface area contributed by atoms with Gasteiger partial charge in [0.05, 0.1) is 6.04 Å². The lowest BCUT2D eigenvalue weighted by molar-refractivity contribution is 0.0939. The van der Waals surface area contributed by atoms with Crippen molar-refractivity contribution in [2.45, 2.75) is 19.9 Å². The smallest absolute Gasteiger partial charge is 0.251 e. The van der Waals surface area contributed by atoms with Crippen LogP contribution < -0.4 is 5.32 Å². The summed E-state index contributed by atoms with van der Waals surface area (Å²) in [7, 11) is 0. The van der Waals surface area contributed by atoms with E-state index in [9.17, 15) is 13.6 Å². The van der Waals surface area contributed by atoms with Crippen molar-refractivity contribution >= 4 is 5.91 Å². The molecule has 0 unspecified atom stereocenters. The van der Waals surface area contributed by atoms with Crippen LogP contribution in [0.15, 0.2) is 42.5 Å². The van der Waals surface area contributed by atoms with Crippen molar-refractivity contribution in [3.05, 3.63) is 70.8 Å². The van der Waals surface area contributed by atoms with Crippen molar-refractivity contribution in [2.24, 2.45) is 0 Å². The summed E-state index contributed by atoms with van der Waals surface area (Å²) in [4.78, 5) is 12.0. The fraction of sp³-hybridized carbons (Fsp3) is 0.188. The van der Waals surface area contributed by atoms with Gasteiger partial charge in [0.1, 0.15) is 11.6 Å². The Labute approximate surface area is 116 Å². The zero-order chi connectivity index (χ0) is 14.7. The van der Waals surface area contributed by atoms with Crippen molar-refractivity contribution in [3.63, 3.8) is 0 Å². The minimum Gasteiger partial charge on any atom is -0.346 e. The first kappa shape index (κ1) is 14.2. The van der Waals surface area contributed by atoms with Crippen LogP contribution in [0, 0.1) is 18.6 Å². The third kappa shape index (κ3) is 3.20. The minimum atomic E-state index is -0.410. The number of benzene rings is 2. The molecule has 0 aliphatic carbocycles. The molecule has 1 amide bonds. The first-order valence-electron chi connectivity index (χ1n) is 6.30. The van der Waals surface area contributed by atoms with Crippen molar-refractivity contribution in [2.75, 3.05) is 0 Å². The van der Waals surface area contributed by atoms with Crippen LogP contribution in [-0.4, -0.2) is 5.91 Å². The lowest BCUT2D eigenvalue weighted by Crippen LogP contribution is -2.26. The molecule has 0 saturated carbocycles.